The number of imide groups is 1. The summed E-state index contributed by atoms with van der Waals surface area (Å²) < 4.78 is 1.64. The van der Waals surface area contributed by atoms with Gasteiger partial charge in [0.2, 0.25) is 0 Å². The minimum absolute atomic E-state index is 0.240. The van der Waals surface area contributed by atoms with E-state index in [1.165, 1.54) is 0 Å². The molecule has 3 amide bonds. The lowest BCUT2D eigenvalue weighted by atomic mass is 10.3. The highest BCUT2D eigenvalue weighted by molar-refractivity contribution is 6.02. The SMILES string of the molecule is CC(Cn1cccn1)NC(=O)NC(=O)C=CC(=O)O. The molecule has 8 nitrogen and oxygen atoms in total. The molecule has 0 aromatic carbocycles. The second-order valence-electron chi connectivity index (χ2n) is 3.76. The fourth-order valence-corrected chi connectivity index (χ4v) is 1.30. The highest BCUT2D eigenvalue weighted by Crippen LogP contribution is 1.90. The highest BCUT2D eigenvalue weighted by atomic mass is 16.4. The number of nitrogens with zero attached hydrogens (tertiary/aromatic N) is 2. The molecule has 3 N–H and O–H groups in total. The number of aromatic nitrogens is 2. The number of hydrogen-bond acceptors (Lipinski definition) is 4. The van der Waals surface area contributed by atoms with Crippen LogP contribution in [0.1, 0.15) is 6.92 Å². The molecule has 0 fully saturated rings. The number of hydrogen-bond donors (Lipinski definition) is 3. The molecule has 1 rings (SSSR count). The van der Waals surface area contributed by atoms with Gasteiger partial charge in [0.25, 0.3) is 5.91 Å². The fourth-order valence-electron chi connectivity index (χ4n) is 1.30. The lowest BCUT2D eigenvalue weighted by Crippen LogP contribution is -2.44. The van der Waals surface area contributed by atoms with E-state index >= 15 is 0 Å². The molecule has 102 valence electrons. The van der Waals surface area contributed by atoms with E-state index in [2.05, 4.69) is 10.4 Å². The van der Waals surface area contributed by atoms with E-state index in [4.69, 9.17) is 5.11 Å². The number of carboxylic acids is 1. The molecule has 1 aromatic heterocycles. The van der Waals surface area contributed by atoms with Crippen molar-refractivity contribution in [1.82, 2.24) is 20.4 Å². The van der Waals surface area contributed by atoms with Crippen molar-refractivity contribution in [2.24, 2.45) is 0 Å². The van der Waals surface area contributed by atoms with Crippen LogP contribution >= 0.6 is 0 Å². The Bertz CT molecular complexity index is 481. The normalized spacial score (nSPS) is 12.1. The van der Waals surface area contributed by atoms with E-state index in [9.17, 15) is 14.4 Å². The Morgan fingerprint density at radius 3 is 2.74 bits per heavy atom. The van der Waals surface area contributed by atoms with Gasteiger partial charge in [0.15, 0.2) is 0 Å². The summed E-state index contributed by atoms with van der Waals surface area (Å²) in [6.45, 7) is 2.21. The minimum atomic E-state index is -1.26. The average molecular weight is 266 g/mol. The molecular formula is C11H14N4O4. The number of carbonyl (C=O) groups excluding carboxylic acids is 2. The zero-order valence-corrected chi connectivity index (χ0v) is 10.2. The molecule has 1 aromatic rings. The van der Waals surface area contributed by atoms with Crippen molar-refractivity contribution in [3.05, 3.63) is 30.6 Å². The molecule has 8 heteroatoms. The first-order chi connectivity index (χ1) is 8.97. The summed E-state index contributed by atoms with van der Waals surface area (Å²) in [6.07, 6.45) is 4.78. The zero-order chi connectivity index (χ0) is 14.3. The molecule has 0 radical (unpaired) electrons. The predicted molar refractivity (Wildman–Crippen MR) is 65.1 cm³/mol. The maximum absolute atomic E-state index is 11.4. The summed E-state index contributed by atoms with van der Waals surface area (Å²) in [4.78, 5) is 32.7. The largest absolute Gasteiger partial charge is 0.478 e. The smallest absolute Gasteiger partial charge is 0.328 e. The van der Waals surface area contributed by atoms with Gasteiger partial charge in [-0.25, -0.2) is 9.59 Å². The van der Waals surface area contributed by atoms with Crippen LogP contribution in [0, 0.1) is 0 Å². The summed E-state index contributed by atoms with van der Waals surface area (Å²) >= 11 is 0. The molecule has 1 atom stereocenters. The summed E-state index contributed by atoms with van der Waals surface area (Å²) in [6, 6.07) is 0.823. The molecule has 0 saturated heterocycles. The van der Waals surface area contributed by atoms with Gasteiger partial charge in [-0.15, -0.1) is 0 Å². The van der Waals surface area contributed by atoms with Gasteiger partial charge >= 0.3 is 12.0 Å². The van der Waals surface area contributed by atoms with E-state index in [1.807, 2.05) is 5.32 Å². The van der Waals surface area contributed by atoms with Crippen LogP contribution in [-0.4, -0.2) is 38.8 Å². The molecule has 0 spiro atoms. The van der Waals surface area contributed by atoms with Crippen molar-refractivity contribution in [3.8, 4) is 0 Å². The molecule has 19 heavy (non-hydrogen) atoms. The molecule has 0 aliphatic heterocycles. The topological polar surface area (TPSA) is 113 Å². The Hall–Kier alpha value is -2.64. The summed E-state index contributed by atoms with van der Waals surface area (Å²) in [5, 5.41) is 16.8. The first kappa shape index (κ1) is 14.4. The van der Waals surface area contributed by atoms with Crippen molar-refractivity contribution in [1.29, 1.82) is 0 Å². The van der Waals surface area contributed by atoms with Gasteiger partial charge in [0, 0.05) is 30.6 Å². The fraction of sp³-hybridized carbons (Fsp3) is 0.273. The quantitative estimate of drug-likeness (QED) is 0.635. The number of rotatable bonds is 5. The zero-order valence-electron chi connectivity index (χ0n) is 10.2. The van der Waals surface area contributed by atoms with Gasteiger partial charge in [0.1, 0.15) is 0 Å². The number of urea groups is 1. The third-order valence-corrected chi connectivity index (χ3v) is 2.01. The van der Waals surface area contributed by atoms with Crippen LogP contribution in [0.25, 0.3) is 0 Å². The van der Waals surface area contributed by atoms with Crippen molar-refractivity contribution >= 4 is 17.9 Å². The van der Waals surface area contributed by atoms with Gasteiger partial charge in [-0.05, 0) is 13.0 Å². The first-order valence-electron chi connectivity index (χ1n) is 5.47. The van der Waals surface area contributed by atoms with Crippen molar-refractivity contribution in [2.45, 2.75) is 19.5 Å². The minimum Gasteiger partial charge on any atom is -0.478 e. The van der Waals surface area contributed by atoms with E-state index in [1.54, 1.807) is 30.1 Å². The Morgan fingerprint density at radius 1 is 1.42 bits per heavy atom. The van der Waals surface area contributed by atoms with Crippen LogP contribution < -0.4 is 10.6 Å². The van der Waals surface area contributed by atoms with E-state index in [-0.39, 0.29) is 6.04 Å². The third-order valence-electron chi connectivity index (χ3n) is 2.01. The van der Waals surface area contributed by atoms with E-state index in [0.717, 1.165) is 6.08 Å². The molecule has 0 saturated carbocycles. The molecule has 1 unspecified atom stereocenters. The lowest BCUT2D eigenvalue weighted by molar-refractivity contribution is -0.131. The van der Waals surface area contributed by atoms with Gasteiger partial charge in [-0.3, -0.25) is 14.8 Å². The van der Waals surface area contributed by atoms with Crippen molar-refractivity contribution in [2.75, 3.05) is 0 Å². The number of carboxylic acid groups (broad SMARTS) is 1. The lowest BCUT2D eigenvalue weighted by Gasteiger charge is -2.13. The van der Waals surface area contributed by atoms with Crippen LogP contribution in [0.2, 0.25) is 0 Å². The Kier molecular flexibility index (Phi) is 5.27. The maximum Gasteiger partial charge on any atom is 0.328 e. The van der Waals surface area contributed by atoms with Crippen LogP contribution in [0.3, 0.4) is 0 Å². The Balaban J connectivity index is 2.34. The number of nitrogens with one attached hydrogen (secondary N) is 2. The first-order valence-corrected chi connectivity index (χ1v) is 5.47. The van der Waals surface area contributed by atoms with Crippen molar-refractivity contribution < 1.29 is 19.5 Å². The molecule has 1 heterocycles. The van der Waals surface area contributed by atoms with Gasteiger partial charge in [0.05, 0.1) is 6.54 Å². The Labute approximate surface area is 109 Å². The van der Waals surface area contributed by atoms with Crippen LogP contribution in [0.4, 0.5) is 4.79 Å². The van der Waals surface area contributed by atoms with Crippen LogP contribution in [0.5, 0.6) is 0 Å². The second-order valence-corrected chi connectivity index (χ2v) is 3.76. The number of amides is 3. The van der Waals surface area contributed by atoms with Crippen LogP contribution in [0.15, 0.2) is 30.6 Å². The van der Waals surface area contributed by atoms with Crippen LogP contribution in [-0.2, 0) is 16.1 Å². The summed E-state index contributed by atoms with van der Waals surface area (Å²) in [5.74, 6) is -2.06. The molecule has 0 aliphatic carbocycles. The van der Waals surface area contributed by atoms with Gasteiger partial charge in [-0.1, -0.05) is 0 Å². The molecule has 0 bridgehead atoms. The van der Waals surface area contributed by atoms with E-state index in [0.29, 0.717) is 12.6 Å². The molecule has 0 aliphatic rings. The number of carbonyl (C=O) groups is 3. The van der Waals surface area contributed by atoms with Crippen molar-refractivity contribution in [3.63, 3.8) is 0 Å². The molecular weight excluding hydrogens is 252 g/mol. The summed E-state index contributed by atoms with van der Waals surface area (Å²) in [7, 11) is 0. The van der Waals surface area contributed by atoms with E-state index < -0.39 is 17.9 Å². The Morgan fingerprint density at radius 2 is 2.16 bits per heavy atom. The highest BCUT2D eigenvalue weighted by Gasteiger charge is 2.09. The van der Waals surface area contributed by atoms with Gasteiger partial charge in [-0.2, -0.15) is 5.10 Å². The third kappa shape index (κ3) is 6.01. The number of aliphatic carboxylic acids is 1. The van der Waals surface area contributed by atoms with Gasteiger partial charge < -0.3 is 10.4 Å². The summed E-state index contributed by atoms with van der Waals surface area (Å²) in [5.41, 5.74) is 0. The standard InChI is InChI=1S/C11H14N4O4/c1-8(7-15-6-2-5-12-15)13-11(19)14-9(16)3-4-10(17)18/h2-6,8H,7H2,1H3,(H,17,18)(H2,13,14,16,19). The second kappa shape index (κ2) is 6.94. The average Bonchev–Trinajstić information content (AvgIpc) is 2.78. The monoisotopic (exact) mass is 266 g/mol. The predicted octanol–water partition coefficient (Wildman–Crippen LogP) is -0.262. The maximum atomic E-state index is 11.4.